The molecule has 0 radical (unpaired) electrons. The molecular formula is C49H41ClN4O7S. The molecule has 4 aliphatic rings. The number of imide groups is 2. The van der Waals surface area contributed by atoms with Crippen LogP contribution in [0, 0.1) is 36.0 Å². The van der Waals surface area contributed by atoms with Crippen LogP contribution in [0.3, 0.4) is 0 Å². The Labute approximate surface area is 366 Å². The summed E-state index contributed by atoms with van der Waals surface area (Å²) < 4.78 is 8.29. The molecule has 11 nitrogen and oxygen atoms in total. The first kappa shape index (κ1) is 39.9. The summed E-state index contributed by atoms with van der Waals surface area (Å²) in [5.41, 5.74) is 3.32. The Hall–Kier alpha value is -6.21. The number of amides is 4. The Bertz CT molecular complexity index is 2890. The molecule has 10 rings (SSSR count). The van der Waals surface area contributed by atoms with E-state index >= 15 is 9.59 Å². The van der Waals surface area contributed by atoms with Crippen molar-refractivity contribution in [3.05, 3.63) is 142 Å². The number of allylic oxidation sites excluding steroid dienone is 2. The molecule has 4 aromatic carbocycles. The van der Waals surface area contributed by atoms with Crippen molar-refractivity contribution in [1.29, 1.82) is 0 Å². The average Bonchev–Trinajstić information content (AvgIpc) is 3.96. The lowest BCUT2D eigenvalue weighted by Crippen LogP contribution is -2.48. The molecule has 62 heavy (non-hydrogen) atoms. The monoisotopic (exact) mass is 864 g/mol. The van der Waals surface area contributed by atoms with Gasteiger partial charge in [-0.15, -0.1) is 11.3 Å². The number of anilines is 2. The predicted octanol–water partition coefficient (Wildman–Crippen LogP) is 8.30. The number of carbonyl (C=O) groups excluding carboxylic acids is 5. The van der Waals surface area contributed by atoms with Crippen molar-refractivity contribution in [2.24, 2.45) is 36.1 Å². The van der Waals surface area contributed by atoms with Crippen LogP contribution in [0.4, 0.5) is 11.5 Å². The number of rotatable bonds is 9. The third-order valence-electron chi connectivity index (χ3n) is 13.5. The summed E-state index contributed by atoms with van der Waals surface area (Å²) in [7, 11) is 1.72. The van der Waals surface area contributed by atoms with Crippen molar-refractivity contribution >= 4 is 73.9 Å². The number of aryl methyl sites for hydroxylation is 2. The van der Waals surface area contributed by atoms with E-state index in [1.165, 1.54) is 9.80 Å². The van der Waals surface area contributed by atoms with Crippen molar-refractivity contribution < 1.29 is 33.8 Å². The second-order valence-electron chi connectivity index (χ2n) is 16.8. The number of aliphatic hydroxyl groups is 1. The number of aromatic nitrogens is 2. The molecule has 6 atom stereocenters. The summed E-state index contributed by atoms with van der Waals surface area (Å²) in [6, 6.07) is 30.3. The molecule has 1 N–H and O–H groups in total. The van der Waals surface area contributed by atoms with Gasteiger partial charge in [0.1, 0.15) is 23.9 Å². The Morgan fingerprint density at radius 1 is 0.887 bits per heavy atom. The zero-order chi connectivity index (χ0) is 43.2. The first-order valence-electron chi connectivity index (χ1n) is 20.6. The van der Waals surface area contributed by atoms with Gasteiger partial charge in [0.05, 0.1) is 40.3 Å². The van der Waals surface area contributed by atoms with Crippen molar-refractivity contribution in [3.8, 4) is 16.3 Å². The minimum atomic E-state index is -1.26. The first-order valence-corrected chi connectivity index (χ1v) is 21.8. The van der Waals surface area contributed by atoms with Gasteiger partial charge in [0.15, 0.2) is 5.78 Å². The number of fused-ring (bicyclic) bond motifs is 5. The molecular weight excluding hydrogens is 824 g/mol. The lowest BCUT2D eigenvalue weighted by molar-refractivity contribution is -0.131. The molecule has 2 saturated heterocycles. The van der Waals surface area contributed by atoms with Crippen LogP contribution in [-0.2, 0) is 26.2 Å². The van der Waals surface area contributed by atoms with E-state index in [9.17, 15) is 19.5 Å². The molecule has 6 aromatic rings. The van der Waals surface area contributed by atoms with Crippen molar-refractivity contribution in [2.75, 3.05) is 23.0 Å². The van der Waals surface area contributed by atoms with Crippen LogP contribution < -0.4 is 14.5 Å². The molecule has 312 valence electrons. The molecule has 2 aromatic heterocycles. The highest BCUT2D eigenvalue weighted by atomic mass is 35.5. The van der Waals surface area contributed by atoms with E-state index in [-0.39, 0.29) is 55.5 Å². The quantitative estimate of drug-likeness (QED) is 0.0871. The molecule has 2 aliphatic heterocycles. The van der Waals surface area contributed by atoms with E-state index in [1.54, 1.807) is 89.8 Å². The summed E-state index contributed by atoms with van der Waals surface area (Å²) >= 11 is 7.91. The third kappa shape index (κ3) is 6.02. The Kier molecular flexibility index (Phi) is 9.66. The number of hydrogen-bond donors (Lipinski definition) is 1. The summed E-state index contributed by atoms with van der Waals surface area (Å²) in [6.07, 6.45) is 2.49. The van der Waals surface area contributed by atoms with Crippen LogP contribution in [0.25, 0.3) is 20.7 Å². The van der Waals surface area contributed by atoms with Gasteiger partial charge in [0, 0.05) is 39.9 Å². The van der Waals surface area contributed by atoms with Gasteiger partial charge in [-0.25, -0.2) is 4.90 Å². The number of ether oxygens (including phenoxy) is 1. The zero-order valence-corrected chi connectivity index (χ0v) is 35.7. The average molecular weight is 865 g/mol. The molecule has 4 heterocycles. The van der Waals surface area contributed by atoms with Gasteiger partial charge in [0.2, 0.25) is 23.6 Å². The normalized spacial score (nSPS) is 24.3. The minimum Gasteiger partial charge on any atom is -0.491 e. The van der Waals surface area contributed by atoms with Crippen molar-refractivity contribution in [1.82, 2.24) is 9.78 Å². The van der Waals surface area contributed by atoms with Crippen LogP contribution in [-0.4, -0.2) is 57.5 Å². The Balaban J connectivity index is 1.02. The van der Waals surface area contributed by atoms with Crippen molar-refractivity contribution in [3.63, 3.8) is 0 Å². The number of nitrogens with zero attached hydrogens (tertiary/aromatic N) is 4. The fraction of sp³-hybridized carbons (Fsp3) is 0.265. The highest BCUT2D eigenvalue weighted by Crippen LogP contribution is 2.64. The molecule has 0 unspecified atom stereocenters. The van der Waals surface area contributed by atoms with Gasteiger partial charge < -0.3 is 9.84 Å². The van der Waals surface area contributed by atoms with E-state index in [4.69, 9.17) is 21.4 Å². The van der Waals surface area contributed by atoms with Gasteiger partial charge in [-0.1, -0.05) is 65.7 Å². The Morgan fingerprint density at radius 2 is 1.61 bits per heavy atom. The SMILES string of the molecule is Cc1c(-c2cc(N3C(=O)[C@@H]4C[C@@H]5C(=CC[C@@H]6C(=O)N(c7ccc(C(=O)c8ccccc8)cc7)C(=O)[C@@H]65)[C@H](c5ccc(OCCO)cc5)[C@]4(C)C3=O)n(C)n2)sc2ccc(Cl)cc12. The first-order chi connectivity index (χ1) is 29.9. The Morgan fingerprint density at radius 3 is 2.34 bits per heavy atom. The molecule has 4 amide bonds. The van der Waals surface area contributed by atoms with Crippen molar-refractivity contribution in [2.45, 2.75) is 32.6 Å². The topological polar surface area (TPSA) is 139 Å². The second-order valence-corrected chi connectivity index (χ2v) is 18.3. The number of aliphatic hydroxyl groups excluding tert-OH is 1. The largest absolute Gasteiger partial charge is 0.491 e. The molecule has 3 fully saturated rings. The summed E-state index contributed by atoms with van der Waals surface area (Å²) in [5, 5.41) is 15.8. The van der Waals surface area contributed by atoms with Gasteiger partial charge in [-0.3, -0.25) is 33.6 Å². The fourth-order valence-electron chi connectivity index (χ4n) is 10.5. The number of benzene rings is 4. The second kappa shape index (κ2) is 15.0. The number of hydrogen-bond acceptors (Lipinski definition) is 9. The lowest BCUT2D eigenvalue weighted by atomic mass is 9.51. The molecule has 0 spiro atoms. The molecule has 13 heteroatoms. The van der Waals surface area contributed by atoms with Gasteiger partial charge in [0.25, 0.3) is 0 Å². The summed E-state index contributed by atoms with van der Waals surface area (Å²) in [5.74, 6) is -4.14. The van der Waals surface area contributed by atoms with E-state index < -0.39 is 35.0 Å². The van der Waals surface area contributed by atoms with Crippen LogP contribution in [0.2, 0.25) is 5.02 Å². The van der Waals surface area contributed by atoms with Crippen LogP contribution in [0.15, 0.2) is 115 Å². The number of halogens is 1. The predicted molar refractivity (Wildman–Crippen MR) is 236 cm³/mol. The maximum atomic E-state index is 15.2. The van der Waals surface area contributed by atoms with E-state index in [0.717, 1.165) is 31.7 Å². The van der Waals surface area contributed by atoms with Crippen LogP contribution in [0.5, 0.6) is 5.75 Å². The highest BCUT2D eigenvalue weighted by Gasteiger charge is 2.68. The summed E-state index contributed by atoms with van der Waals surface area (Å²) in [6.45, 7) is 3.82. The van der Waals surface area contributed by atoms with Gasteiger partial charge >= 0.3 is 0 Å². The number of thiophene rings is 1. The van der Waals surface area contributed by atoms with E-state index in [0.29, 0.717) is 39.1 Å². The van der Waals surface area contributed by atoms with Gasteiger partial charge in [-0.2, -0.15) is 5.10 Å². The van der Waals surface area contributed by atoms with Gasteiger partial charge in [-0.05, 0) is 104 Å². The van der Waals surface area contributed by atoms with Crippen LogP contribution in [0.1, 0.15) is 52.7 Å². The van der Waals surface area contributed by atoms with E-state index in [1.807, 2.05) is 56.3 Å². The standard InChI is InChI=1S/C49H41ClN4O7S/c1-26-35-23-30(50)13-20-39(35)62-44(26)38-25-40(52(3)51-38)54-46(58)37-24-36-33(42(49(37,2)48(54)60)27-11-16-32(17-12-27)61-22-21-55)18-19-34-41(36)47(59)53(45(34)57)31-14-9-29(10-15-31)43(56)28-7-5-4-6-8-28/h4-18,20,23,25,34,36-37,41-42,55H,19,21-22,24H2,1-3H3/t34-,36+,37-,41-,42-,49+/m0/s1. The van der Waals surface area contributed by atoms with E-state index in [2.05, 4.69) is 0 Å². The fourth-order valence-corrected chi connectivity index (χ4v) is 11.8. The van der Waals surface area contributed by atoms with Crippen LogP contribution >= 0.6 is 22.9 Å². The maximum Gasteiger partial charge on any atom is 0.242 e. The highest BCUT2D eigenvalue weighted by molar-refractivity contribution is 7.22. The smallest absolute Gasteiger partial charge is 0.242 e. The lowest BCUT2D eigenvalue weighted by Gasteiger charge is -2.49. The molecule has 1 saturated carbocycles. The number of carbonyl (C=O) groups is 5. The maximum absolute atomic E-state index is 15.2. The number of ketones is 1. The molecule has 2 aliphatic carbocycles. The summed E-state index contributed by atoms with van der Waals surface area (Å²) in [4.78, 5) is 75.9. The zero-order valence-electron chi connectivity index (χ0n) is 34.1. The third-order valence-corrected chi connectivity index (χ3v) is 15.0. The minimum absolute atomic E-state index is 0.112. The molecule has 0 bridgehead atoms.